The zero-order valence-electron chi connectivity index (χ0n) is 18.3. The van der Waals surface area contributed by atoms with Gasteiger partial charge in [0.1, 0.15) is 25.1 Å². The summed E-state index contributed by atoms with van der Waals surface area (Å²) in [6.45, 7) is -0.0986. The lowest BCUT2D eigenvalue weighted by Crippen LogP contribution is -2.42. The van der Waals surface area contributed by atoms with Gasteiger partial charge in [0, 0.05) is 7.11 Å². The van der Waals surface area contributed by atoms with E-state index in [1.807, 2.05) is 30.3 Å². The van der Waals surface area contributed by atoms with Gasteiger partial charge < -0.3 is 18.9 Å². The minimum atomic E-state index is -5.92. The third kappa shape index (κ3) is 7.11. The summed E-state index contributed by atoms with van der Waals surface area (Å²) in [5.41, 5.74) is -3.58. The molecular weight excluding hydrogens is 477 g/mol. The summed E-state index contributed by atoms with van der Waals surface area (Å²) >= 11 is 0. The van der Waals surface area contributed by atoms with E-state index in [-0.39, 0.29) is 26.6 Å². The fourth-order valence-corrected chi connectivity index (χ4v) is 3.95. The van der Waals surface area contributed by atoms with Crippen molar-refractivity contribution in [3.8, 4) is 0 Å². The number of alkyl halides is 3. The monoisotopic (exact) mass is 502 g/mol. The van der Waals surface area contributed by atoms with Gasteiger partial charge in [-0.05, 0) is 22.8 Å². The summed E-state index contributed by atoms with van der Waals surface area (Å²) in [5, 5.41) is 0. The second kappa shape index (κ2) is 11.9. The number of rotatable bonds is 12. The highest BCUT2D eigenvalue weighted by Gasteiger charge is 2.52. The third-order valence-corrected chi connectivity index (χ3v) is 5.96. The average molecular weight is 503 g/mol. The summed E-state index contributed by atoms with van der Waals surface area (Å²) < 4.78 is 89.3. The Balaban J connectivity index is 1.80. The molecule has 0 saturated heterocycles. The average Bonchev–Trinajstić information content (AvgIpc) is 3.12. The van der Waals surface area contributed by atoms with Crippen molar-refractivity contribution in [2.75, 3.05) is 20.5 Å². The van der Waals surface area contributed by atoms with Gasteiger partial charge in [-0.3, -0.25) is 4.18 Å². The molecule has 1 aliphatic carbocycles. The number of hydrogen-bond acceptors (Lipinski definition) is 7. The summed E-state index contributed by atoms with van der Waals surface area (Å²) in [6, 6.07) is 18.2. The predicted octanol–water partition coefficient (Wildman–Crippen LogP) is 3.95. The Hall–Kier alpha value is -2.28. The predicted molar refractivity (Wildman–Crippen MR) is 116 cm³/mol. The number of ether oxygens (including phenoxy) is 4. The van der Waals surface area contributed by atoms with E-state index in [0.29, 0.717) is 5.57 Å². The van der Waals surface area contributed by atoms with Gasteiger partial charge >= 0.3 is 15.6 Å². The van der Waals surface area contributed by atoms with Crippen LogP contribution in [-0.2, 0) is 46.5 Å². The molecule has 7 nitrogen and oxygen atoms in total. The van der Waals surface area contributed by atoms with Crippen LogP contribution in [0.1, 0.15) is 11.1 Å². The Morgan fingerprint density at radius 1 is 0.853 bits per heavy atom. The maximum absolute atomic E-state index is 13.1. The van der Waals surface area contributed by atoms with Gasteiger partial charge in [0.2, 0.25) is 0 Å². The highest BCUT2D eigenvalue weighted by atomic mass is 32.2. The number of halogens is 3. The molecule has 186 valence electrons. The zero-order chi connectivity index (χ0) is 24.6. The van der Waals surface area contributed by atoms with Crippen molar-refractivity contribution in [2.24, 2.45) is 0 Å². The van der Waals surface area contributed by atoms with Crippen molar-refractivity contribution in [2.45, 2.75) is 37.0 Å². The van der Waals surface area contributed by atoms with Crippen LogP contribution >= 0.6 is 0 Å². The molecule has 0 radical (unpaired) electrons. The largest absolute Gasteiger partial charge is 0.523 e. The second-order valence-corrected chi connectivity index (χ2v) is 9.00. The number of hydrogen-bond donors (Lipinski definition) is 0. The van der Waals surface area contributed by atoms with E-state index in [1.165, 1.54) is 13.2 Å². The van der Waals surface area contributed by atoms with Crippen LogP contribution in [0.15, 0.2) is 72.3 Å². The molecule has 2 aromatic rings. The van der Waals surface area contributed by atoms with Crippen LogP contribution in [0.2, 0.25) is 0 Å². The standard InChI is InChI=1S/C23H25F3O7S/c1-29-16-32-21-19(15-30-13-17-8-4-2-5-9-17)12-20(31-14-18-10-6-3-7-11-18)22(21)33-34(27,28)23(24,25)26/h2-12,20-22H,13-16H2,1H3/t20-,21+,22-/m1/s1. The molecule has 34 heavy (non-hydrogen) atoms. The van der Waals surface area contributed by atoms with Crippen LogP contribution in [0.3, 0.4) is 0 Å². The quantitative estimate of drug-likeness (QED) is 0.188. The fourth-order valence-electron chi connectivity index (χ4n) is 3.33. The zero-order valence-corrected chi connectivity index (χ0v) is 19.1. The molecule has 0 bridgehead atoms. The van der Waals surface area contributed by atoms with Crippen molar-refractivity contribution in [3.63, 3.8) is 0 Å². The van der Waals surface area contributed by atoms with E-state index in [0.717, 1.165) is 11.1 Å². The molecule has 0 spiro atoms. The van der Waals surface area contributed by atoms with Gasteiger partial charge in [0.25, 0.3) is 0 Å². The number of methoxy groups -OCH3 is 1. The van der Waals surface area contributed by atoms with E-state index in [2.05, 4.69) is 4.18 Å². The lowest BCUT2D eigenvalue weighted by molar-refractivity contribution is -0.120. The SMILES string of the molecule is COCO[C@H]1C(COCc2ccccc2)=C[C@@H](OCc2ccccc2)[C@H]1OS(=O)(=O)C(F)(F)F. The summed E-state index contributed by atoms with van der Waals surface area (Å²) in [4.78, 5) is 0. The van der Waals surface area contributed by atoms with Gasteiger partial charge in [-0.2, -0.15) is 21.6 Å². The smallest absolute Gasteiger partial charge is 0.372 e. The van der Waals surface area contributed by atoms with Gasteiger partial charge in [-0.15, -0.1) is 0 Å². The fraction of sp³-hybridized carbons (Fsp3) is 0.391. The molecule has 3 atom stereocenters. The molecule has 0 aromatic heterocycles. The normalized spacial score (nSPS) is 20.9. The van der Waals surface area contributed by atoms with Gasteiger partial charge in [0.05, 0.1) is 19.8 Å². The molecule has 2 aromatic carbocycles. The molecule has 11 heteroatoms. The molecule has 0 heterocycles. The van der Waals surface area contributed by atoms with Crippen LogP contribution in [0.25, 0.3) is 0 Å². The Kier molecular flexibility index (Phi) is 9.23. The van der Waals surface area contributed by atoms with Crippen LogP contribution in [0.4, 0.5) is 13.2 Å². The first-order chi connectivity index (χ1) is 16.2. The van der Waals surface area contributed by atoms with Gasteiger partial charge in [-0.1, -0.05) is 60.7 Å². The van der Waals surface area contributed by atoms with E-state index in [4.69, 9.17) is 18.9 Å². The minimum absolute atomic E-state index is 0.0169. The van der Waals surface area contributed by atoms with E-state index < -0.39 is 33.9 Å². The lowest BCUT2D eigenvalue weighted by Gasteiger charge is -2.27. The molecule has 0 amide bonds. The topological polar surface area (TPSA) is 80.3 Å². The maximum atomic E-state index is 13.1. The summed E-state index contributed by atoms with van der Waals surface area (Å²) in [7, 11) is -4.59. The van der Waals surface area contributed by atoms with Crippen LogP contribution in [0.5, 0.6) is 0 Å². The minimum Gasteiger partial charge on any atom is -0.372 e. The highest BCUT2D eigenvalue weighted by Crippen LogP contribution is 2.34. The van der Waals surface area contributed by atoms with Crippen molar-refractivity contribution in [1.82, 2.24) is 0 Å². The molecule has 3 rings (SSSR count). The van der Waals surface area contributed by atoms with Crippen LogP contribution < -0.4 is 0 Å². The van der Waals surface area contributed by atoms with Gasteiger partial charge in [0.15, 0.2) is 0 Å². The highest BCUT2D eigenvalue weighted by molar-refractivity contribution is 7.87. The van der Waals surface area contributed by atoms with Gasteiger partial charge in [-0.25, -0.2) is 0 Å². The second-order valence-electron chi connectivity index (χ2n) is 7.44. The van der Waals surface area contributed by atoms with Crippen molar-refractivity contribution in [3.05, 3.63) is 83.4 Å². The van der Waals surface area contributed by atoms with Crippen molar-refractivity contribution < 1.29 is 44.7 Å². The molecule has 0 aliphatic heterocycles. The van der Waals surface area contributed by atoms with Crippen LogP contribution in [0, 0.1) is 0 Å². The molecule has 0 unspecified atom stereocenters. The Morgan fingerprint density at radius 3 is 2.00 bits per heavy atom. The van der Waals surface area contributed by atoms with Crippen molar-refractivity contribution >= 4 is 10.1 Å². The first-order valence-electron chi connectivity index (χ1n) is 10.3. The third-order valence-electron chi connectivity index (χ3n) is 4.92. The molecule has 0 fully saturated rings. The first-order valence-corrected chi connectivity index (χ1v) is 11.7. The first kappa shape index (κ1) is 26.3. The molecule has 0 saturated carbocycles. The Labute approximate surface area is 196 Å². The molecular formula is C23H25F3O7S. The van der Waals surface area contributed by atoms with E-state index in [9.17, 15) is 21.6 Å². The van der Waals surface area contributed by atoms with Crippen LogP contribution in [-0.4, -0.2) is 52.7 Å². The van der Waals surface area contributed by atoms with E-state index >= 15 is 0 Å². The summed E-state index contributed by atoms with van der Waals surface area (Å²) in [6.07, 6.45) is -2.49. The molecule has 0 N–H and O–H groups in total. The Bertz CT molecular complexity index is 1030. The van der Waals surface area contributed by atoms with Crippen molar-refractivity contribution in [1.29, 1.82) is 0 Å². The maximum Gasteiger partial charge on any atom is 0.523 e. The summed E-state index contributed by atoms with van der Waals surface area (Å²) in [5.74, 6) is 0. The Morgan fingerprint density at radius 2 is 1.44 bits per heavy atom. The lowest BCUT2D eigenvalue weighted by atomic mass is 10.1. The van der Waals surface area contributed by atoms with E-state index in [1.54, 1.807) is 30.3 Å². The molecule has 1 aliphatic rings. The number of benzene rings is 2.